The number of nitrogens with one attached hydrogen (secondary N) is 2. The standard InChI is InChI=1S/C19H22FN3O3/c1-19(2,3)26-18(25)23-16-11-14(7-8-15(16)20)22-17(24)9-6-13-5-4-10-21-12-13/h4-5,7-8,10-12H,6,9H2,1-3H3,(H,22,24)(H,23,25). The largest absolute Gasteiger partial charge is 0.444 e. The highest BCUT2D eigenvalue weighted by atomic mass is 19.1. The second-order valence-corrected chi connectivity index (χ2v) is 6.73. The third kappa shape index (κ3) is 6.51. The molecule has 2 rings (SSSR count). The Morgan fingerprint density at radius 2 is 1.96 bits per heavy atom. The Kier molecular flexibility index (Phi) is 6.27. The van der Waals surface area contributed by atoms with Crippen LogP contribution < -0.4 is 10.6 Å². The summed E-state index contributed by atoms with van der Waals surface area (Å²) in [6.07, 6.45) is 3.41. The molecule has 0 unspecified atom stereocenters. The molecule has 0 aliphatic rings. The first-order chi connectivity index (χ1) is 12.2. The lowest BCUT2D eigenvalue weighted by atomic mass is 10.1. The molecule has 6 nitrogen and oxygen atoms in total. The van der Waals surface area contributed by atoms with Gasteiger partial charge in [0.1, 0.15) is 11.4 Å². The minimum absolute atomic E-state index is 0.0655. The Hall–Kier alpha value is -2.96. The number of rotatable bonds is 5. The van der Waals surface area contributed by atoms with Crippen molar-refractivity contribution in [3.05, 3.63) is 54.1 Å². The van der Waals surface area contributed by atoms with Crippen molar-refractivity contribution >= 4 is 23.4 Å². The second kappa shape index (κ2) is 8.42. The second-order valence-electron chi connectivity index (χ2n) is 6.73. The van der Waals surface area contributed by atoms with Gasteiger partial charge in [-0.2, -0.15) is 0 Å². The molecule has 2 N–H and O–H groups in total. The average Bonchev–Trinajstić information content (AvgIpc) is 2.55. The van der Waals surface area contributed by atoms with Crippen LogP contribution in [0.15, 0.2) is 42.7 Å². The first-order valence-corrected chi connectivity index (χ1v) is 8.21. The molecule has 0 aliphatic carbocycles. The number of amides is 2. The van der Waals surface area contributed by atoms with Gasteiger partial charge in [0.15, 0.2) is 0 Å². The molecular formula is C19H22FN3O3. The number of halogens is 1. The summed E-state index contributed by atoms with van der Waals surface area (Å²) in [4.78, 5) is 27.8. The van der Waals surface area contributed by atoms with Crippen LogP contribution in [0.4, 0.5) is 20.6 Å². The molecular weight excluding hydrogens is 337 g/mol. The third-order valence-electron chi connectivity index (χ3n) is 3.25. The Morgan fingerprint density at radius 3 is 2.62 bits per heavy atom. The van der Waals surface area contributed by atoms with Crippen molar-refractivity contribution in [1.29, 1.82) is 0 Å². The summed E-state index contributed by atoms with van der Waals surface area (Å²) in [7, 11) is 0. The van der Waals surface area contributed by atoms with Crippen LogP contribution in [0.5, 0.6) is 0 Å². The normalized spacial score (nSPS) is 10.9. The van der Waals surface area contributed by atoms with E-state index in [0.29, 0.717) is 12.1 Å². The van der Waals surface area contributed by atoms with Crippen LogP contribution in [0.1, 0.15) is 32.8 Å². The molecule has 0 bridgehead atoms. The molecule has 26 heavy (non-hydrogen) atoms. The smallest absolute Gasteiger partial charge is 0.412 e. The van der Waals surface area contributed by atoms with Gasteiger partial charge in [-0.1, -0.05) is 6.07 Å². The minimum Gasteiger partial charge on any atom is -0.444 e. The number of aromatic nitrogens is 1. The number of carbonyl (C=O) groups excluding carboxylic acids is 2. The molecule has 1 aromatic carbocycles. The number of ether oxygens (including phenoxy) is 1. The zero-order chi connectivity index (χ0) is 19.2. The number of nitrogens with zero attached hydrogens (tertiary/aromatic N) is 1. The average molecular weight is 359 g/mol. The van der Waals surface area contributed by atoms with E-state index in [1.165, 1.54) is 18.2 Å². The van der Waals surface area contributed by atoms with Crippen LogP contribution in [0.25, 0.3) is 0 Å². The van der Waals surface area contributed by atoms with Crippen LogP contribution in [-0.2, 0) is 16.0 Å². The van der Waals surface area contributed by atoms with Crippen molar-refractivity contribution in [1.82, 2.24) is 4.98 Å². The summed E-state index contributed by atoms with van der Waals surface area (Å²) >= 11 is 0. The molecule has 0 saturated heterocycles. The molecule has 7 heteroatoms. The molecule has 1 heterocycles. The maximum absolute atomic E-state index is 13.9. The van der Waals surface area contributed by atoms with E-state index < -0.39 is 17.5 Å². The van der Waals surface area contributed by atoms with E-state index in [1.54, 1.807) is 33.2 Å². The van der Waals surface area contributed by atoms with Gasteiger partial charge in [0.25, 0.3) is 0 Å². The summed E-state index contributed by atoms with van der Waals surface area (Å²) in [5.41, 5.74) is 0.575. The van der Waals surface area contributed by atoms with E-state index in [9.17, 15) is 14.0 Å². The molecule has 0 radical (unpaired) electrons. The summed E-state index contributed by atoms with van der Waals surface area (Å²) in [6, 6.07) is 7.64. The highest BCUT2D eigenvalue weighted by molar-refractivity contribution is 5.92. The number of pyridine rings is 1. The van der Waals surface area contributed by atoms with Crippen molar-refractivity contribution in [3.63, 3.8) is 0 Å². The fourth-order valence-electron chi connectivity index (χ4n) is 2.14. The first-order valence-electron chi connectivity index (χ1n) is 8.21. The van der Waals surface area contributed by atoms with Gasteiger partial charge in [0.2, 0.25) is 5.91 Å². The van der Waals surface area contributed by atoms with Gasteiger partial charge < -0.3 is 10.1 Å². The van der Waals surface area contributed by atoms with E-state index in [1.807, 2.05) is 12.1 Å². The Balaban J connectivity index is 1.95. The fraction of sp³-hybridized carbons (Fsp3) is 0.316. The van der Waals surface area contributed by atoms with Crippen LogP contribution in [0.2, 0.25) is 0 Å². The first kappa shape index (κ1) is 19.4. The summed E-state index contributed by atoms with van der Waals surface area (Å²) in [6.45, 7) is 5.13. The van der Waals surface area contributed by atoms with Gasteiger partial charge in [0, 0.05) is 24.5 Å². The van der Waals surface area contributed by atoms with Crippen molar-refractivity contribution in [3.8, 4) is 0 Å². The van der Waals surface area contributed by atoms with E-state index in [-0.39, 0.29) is 18.0 Å². The minimum atomic E-state index is -0.767. The number of anilines is 2. The molecule has 2 amide bonds. The fourth-order valence-corrected chi connectivity index (χ4v) is 2.14. The number of aryl methyl sites for hydroxylation is 1. The number of carbonyl (C=O) groups is 2. The van der Waals surface area contributed by atoms with Crippen molar-refractivity contribution in [2.75, 3.05) is 10.6 Å². The maximum Gasteiger partial charge on any atom is 0.412 e. The lowest BCUT2D eigenvalue weighted by Crippen LogP contribution is -2.27. The molecule has 138 valence electrons. The van der Waals surface area contributed by atoms with Gasteiger partial charge in [-0.15, -0.1) is 0 Å². The SMILES string of the molecule is CC(C)(C)OC(=O)Nc1cc(NC(=O)CCc2cccnc2)ccc1F. The summed E-state index contributed by atoms with van der Waals surface area (Å²) < 4.78 is 19.0. The quantitative estimate of drug-likeness (QED) is 0.841. The monoisotopic (exact) mass is 359 g/mol. The molecule has 0 aliphatic heterocycles. The topological polar surface area (TPSA) is 80.3 Å². The molecule has 0 fully saturated rings. The number of hydrogen-bond acceptors (Lipinski definition) is 4. The highest BCUT2D eigenvalue weighted by Crippen LogP contribution is 2.21. The lowest BCUT2D eigenvalue weighted by Gasteiger charge is -2.20. The van der Waals surface area contributed by atoms with Gasteiger partial charge >= 0.3 is 6.09 Å². The Morgan fingerprint density at radius 1 is 1.19 bits per heavy atom. The van der Waals surface area contributed by atoms with Gasteiger partial charge in [-0.3, -0.25) is 15.1 Å². The van der Waals surface area contributed by atoms with Crippen molar-refractivity contribution in [2.24, 2.45) is 0 Å². The zero-order valence-corrected chi connectivity index (χ0v) is 15.0. The van der Waals surface area contributed by atoms with E-state index in [4.69, 9.17) is 4.74 Å². The van der Waals surface area contributed by atoms with Crippen LogP contribution in [0, 0.1) is 5.82 Å². The third-order valence-corrected chi connectivity index (χ3v) is 3.25. The Labute approximate surface area is 151 Å². The maximum atomic E-state index is 13.9. The highest BCUT2D eigenvalue weighted by Gasteiger charge is 2.17. The molecule has 2 aromatic rings. The number of hydrogen-bond donors (Lipinski definition) is 2. The predicted molar refractivity (Wildman–Crippen MR) is 97.4 cm³/mol. The zero-order valence-electron chi connectivity index (χ0n) is 15.0. The van der Waals surface area contributed by atoms with Crippen molar-refractivity contribution in [2.45, 2.75) is 39.2 Å². The predicted octanol–water partition coefficient (Wildman–Crippen LogP) is 4.14. The molecule has 1 aromatic heterocycles. The van der Waals surface area contributed by atoms with Crippen LogP contribution in [-0.4, -0.2) is 22.6 Å². The molecule has 0 atom stereocenters. The van der Waals surface area contributed by atoms with Crippen molar-refractivity contribution < 1.29 is 18.7 Å². The van der Waals surface area contributed by atoms with Gasteiger partial charge in [-0.25, -0.2) is 9.18 Å². The molecule has 0 spiro atoms. The summed E-state index contributed by atoms with van der Waals surface area (Å²) in [5, 5.41) is 5.03. The van der Waals surface area contributed by atoms with Gasteiger partial charge in [0.05, 0.1) is 5.69 Å². The number of benzene rings is 1. The summed E-state index contributed by atoms with van der Waals surface area (Å²) in [5.74, 6) is -0.840. The lowest BCUT2D eigenvalue weighted by molar-refractivity contribution is -0.116. The Bertz CT molecular complexity index is 773. The van der Waals surface area contributed by atoms with Crippen LogP contribution in [0.3, 0.4) is 0 Å². The van der Waals surface area contributed by atoms with E-state index in [2.05, 4.69) is 15.6 Å². The molecule has 0 saturated carbocycles. The van der Waals surface area contributed by atoms with Gasteiger partial charge in [-0.05, 0) is 57.0 Å². The van der Waals surface area contributed by atoms with E-state index >= 15 is 0 Å². The van der Waals surface area contributed by atoms with E-state index in [0.717, 1.165) is 5.56 Å². The van der Waals surface area contributed by atoms with Crippen LogP contribution >= 0.6 is 0 Å².